The molecule has 1 aromatic heterocycles. The van der Waals surface area contributed by atoms with Crippen LogP contribution in [0.2, 0.25) is 0 Å². The third-order valence-corrected chi connectivity index (χ3v) is 1.66. The van der Waals surface area contributed by atoms with Crippen LogP contribution >= 0.6 is 0 Å². The Hall–Kier alpha value is -1.58. The second kappa shape index (κ2) is 4.09. The third-order valence-electron chi connectivity index (χ3n) is 1.66. The lowest BCUT2D eigenvalue weighted by molar-refractivity contribution is 0.0999. The Kier molecular flexibility index (Phi) is 3.06. The molecule has 1 rings (SSSR count). The van der Waals surface area contributed by atoms with Gasteiger partial charge in [-0.3, -0.25) is 4.79 Å². The second-order valence-corrected chi connectivity index (χ2v) is 3.38. The molecule has 0 aliphatic rings. The Morgan fingerprint density at radius 2 is 2.21 bits per heavy atom. The van der Waals surface area contributed by atoms with Gasteiger partial charge in [-0.2, -0.15) is 0 Å². The van der Waals surface area contributed by atoms with Crippen LogP contribution < -0.4 is 10.5 Å². The molecule has 4 heteroatoms. The van der Waals surface area contributed by atoms with E-state index in [0.717, 1.165) is 5.56 Å². The molecule has 0 atom stereocenters. The maximum absolute atomic E-state index is 10.8. The van der Waals surface area contributed by atoms with Gasteiger partial charge in [0.1, 0.15) is 0 Å². The molecule has 1 amide bonds. The first kappa shape index (κ1) is 10.5. The van der Waals surface area contributed by atoms with E-state index in [1.807, 2.05) is 20.8 Å². The van der Waals surface area contributed by atoms with Crippen molar-refractivity contribution in [3.63, 3.8) is 0 Å². The molecule has 0 aliphatic carbocycles. The van der Waals surface area contributed by atoms with Crippen molar-refractivity contribution in [3.8, 4) is 5.88 Å². The molecule has 0 saturated carbocycles. The summed E-state index contributed by atoms with van der Waals surface area (Å²) >= 11 is 0. The van der Waals surface area contributed by atoms with Gasteiger partial charge >= 0.3 is 0 Å². The normalized spacial score (nSPS) is 10.3. The van der Waals surface area contributed by atoms with E-state index in [1.54, 1.807) is 6.07 Å². The van der Waals surface area contributed by atoms with Gasteiger partial charge in [0.15, 0.2) is 0 Å². The predicted molar refractivity (Wildman–Crippen MR) is 53.3 cm³/mol. The molecule has 0 saturated heterocycles. The lowest BCUT2D eigenvalue weighted by atomic mass is 10.2. The minimum Gasteiger partial charge on any atom is -0.475 e. The smallest absolute Gasteiger partial charge is 0.250 e. The summed E-state index contributed by atoms with van der Waals surface area (Å²) in [6.07, 6.45) is 1.49. The van der Waals surface area contributed by atoms with E-state index in [4.69, 9.17) is 10.5 Å². The fraction of sp³-hybridized carbons (Fsp3) is 0.400. The van der Waals surface area contributed by atoms with Gasteiger partial charge in [-0.1, -0.05) is 0 Å². The number of hydrogen-bond donors (Lipinski definition) is 1. The first-order valence-corrected chi connectivity index (χ1v) is 4.44. The molecule has 0 spiro atoms. The summed E-state index contributed by atoms with van der Waals surface area (Å²) in [7, 11) is 0. The van der Waals surface area contributed by atoms with Gasteiger partial charge in [0.2, 0.25) is 11.8 Å². The van der Waals surface area contributed by atoms with E-state index >= 15 is 0 Å². The van der Waals surface area contributed by atoms with Crippen LogP contribution in [0, 0.1) is 6.92 Å². The van der Waals surface area contributed by atoms with Gasteiger partial charge in [0.25, 0.3) is 0 Å². The number of ether oxygens (including phenoxy) is 1. The highest BCUT2D eigenvalue weighted by Crippen LogP contribution is 2.16. The molecule has 0 radical (unpaired) electrons. The van der Waals surface area contributed by atoms with Crippen LogP contribution in [0.15, 0.2) is 12.3 Å². The van der Waals surface area contributed by atoms with E-state index < -0.39 is 5.91 Å². The average molecular weight is 194 g/mol. The number of nitrogens with zero attached hydrogens (tertiary/aromatic N) is 1. The zero-order chi connectivity index (χ0) is 10.7. The molecule has 2 N–H and O–H groups in total. The number of aromatic nitrogens is 1. The quantitative estimate of drug-likeness (QED) is 0.788. The number of carbonyl (C=O) groups excluding carboxylic acids is 1. The maximum atomic E-state index is 10.8. The third kappa shape index (κ3) is 2.45. The lowest BCUT2D eigenvalue weighted by Crippen LogP contribution is -2.13. The Balaban J connectivity index is 2.95. The van der Waals surface area contributed by atoms with Crippen LogP contribution in [0.4, 0.5) is 0 Å². The Bertz CT molecular complexity index is 348. The summed E-state index contributed by atoms with van der Waals surface area (Å²) in [5, 5.41) is 0. The fourth-order valence-corrected chi connectivity index (χ4v) is 1.04. The number of rotatable bonds is 3. The van der Waals surface area contributed by atoms with Crippen molar-refractivity contribution in [2.75, 3.05) is 0 Å². The Morgan fingerprint density at radius 3 is 2.64 bits per heavy atom. The summed E-state index contributed by atoms with van der Waals surface area (Å²) in [6, 6.07) is 1.67. The van der Waals surface area contributed by atoms with Crippen molar-refractivity contribution >= 4 is 5.91 Å². The largest absolute Gasteiger partial charge is 0.475 e. The number of nitrogens with two attached hydrogens (primary N) is 1. The first-order valence-electron chi connectivity index (χ1n) is 4.44. The summed E-state index contributed by atoms with van der Waals surface area (Å²) in [6.45, 7) is 5.67. The average Bonchev–Trinajstić information content (AvgIpc) is 2.07. The minimum atomic E-state index is -0.475. The molecule has 1 aromatic rings. The molecule has 0 aromatic carbocycles. The Morgan fingerprint density at radius 1 is 1.57 bits per heavy atom. The van der Waals surface area contributed by atoms with E-state index in [9.17, 15) is 4.79 Å². The van der Waals surface area contributed by atoms with Gasteiger partial charge in [-0.05, 0) is 26.8 Å². The van der Waals surface area contributed by atoms with Crippen molar-refractivity contribution in [2.45, 2.75) is 26.9 Å². The van der Waals surface area contributed by atoms with Crippen LogP contribution in [0.1, 0.15) is 29.8 Å². The van der Waals surface area contributed by atoms with E-state index in [1.165, 1.54) is 6.20 Å². The number of pyridine rings is 1. The standard InChI is InChI=1S/C10H14N2O2/c1-6(2)14-10-7(3)4-8(5-12-10)9(11)13/h4-6H,1-3H3,(H2,11,13). The topological polar surface area (TPSA) is 65.2 Å². The number of hydrogen-bond acceptors (Lipinski definition) is 3. The fourth-order valence-electron chi connectivity index (χ4n) is 1.04. The molecule has 0 fully saturated rings. The Labute approximate surface area is 83.1 Å². The van der Waals surface area contributed by atoms with Crippen molar-refractivity contribution in [2.24, 2.45) is 5.73 Å². The van der Waals surface area contributed by atoms with Gasteiger partial charge in [0.05, 0.1) is 11.7 Å². The number of carbonyl (C=O) groups is 1. The van der Waals surface area contributed by atoms with E-state index in [-0.39, 0.29) is 6.10 Å². The minimum absolute atomic E-state index is 0.0700. The van der Waals surface area contributed by atoms with Gasteiger partial charge < -0.3 is 10.5 Å². The predicted octanol–water partition coefficient (Wildman–Crippen LogP) is 1.28. The monoisotopic (exact) mass is 194 g/mol. The molecule has 0 unspecified atom stereocenters. The van der Waals surface area contributed by atoms with Crippen molar-refractivity contribution < 1.29 is 9.53 Å². The molecular weight excluding hydrogens is 180 g/mol. The zero-order valence-corrected chi connectivity index (χ0v) is 8.57. The van der Waals surface area contributed by atoms with Gasteiger partial charge in [-0.15, -0.1) is 0 Å². The number of aryl methyl sites for hydroxylation is 1. The van der Waals surface area contributed by atoms with Crippen LogP contribution in [-0.4, -0.2) is 17.0 Å². The van der Waals surface area contributed by atoms with Crippen molar-refractivity contribution in [3.05, 3.63) is 23.4 Å². The molecule has 1 heterocycles. The van der Waals surface area contributed by atoms with Gasteiger partial charge in [0, 0.05) is 11.8 Å². The maximum Gasteiger partial charge on any atom is 0.250 e. The number of amides is 1. The summed E-state index contributed by atoms with van der Waals surface area (Å²) < 4.78 is 5.42. The summed E-state index contributed by atoms with van der Waals surface area (Å²) in [5.41, 5.74) is 6.33. The molecule has 14 heavy (non-hydrogen) atoms. The van der Waals surface area contributed by atoms with E-state index in [0.29, 0.717) is 11.4 Å². The highest BCUT2D eigenvalue weighted by atomic mass is 16.5. The lowest BCUT2D eigenvalue weighted by Gasteiger charge is -2.11. The van der Waals surface area contributed by atoms with Crippen LogP contribution in [-0.2, 0) is 0 Å². The van der Waals surface area contributed by atoms with Crippen LogP contribution in [0.3, 0.4) is 0 Å². The van der Waals surface area contributed by atoms with Crippen molar-refractivity contribution in [1.82, 2.24) is 4.98 Å². The highest BCUT2D eigenvalue weighted by molar-refractivity contribution is 5.92. The van der Waals surface area contributed by atoms with E-state index in [2.05, 4.69) is 4.98 Å². The SMILES string of the molecule is Cc1cc(C(N)=O)cnc1OC(C)C. The molecule has 76 valence electrons. The summed E-state index contributed by atoms with van der Waals surface area (Å²) in [4.78, 5) is 14.8. The number of primary amides is 1. The molecular formula is C10H14N2O2. The van der Waals surface area contributed by atoms with Crippen molar-refractivity contribution in [1.29, 1.82) is 0 Å². The zero-order valence-electron chi connectivity index (χ0n) is 8.57. The molecule has 0 bridgehead atoms. The first-order chi connectivity index (χ1) is 6.50. The van der Waals surface area contributed by atoms with Crippen LogP contribution in [0.25, 0.3) is 0 Å². The summed E-state index contributed by atoms with van der Waals surface area (Å²) in [5.74, 6) is 0.0710. The molecule has 0 aliphatic heterocycles. The second-order valence-electron chi connectivity index (χ2n) is 3.38. The highest BCUT2D eigenvalue weighted by Gasteiger charge is 2.07. The molecule has 4 nitrogen and oxygen atoms in total. The van der Waals surface area contributed by atoms with Gasteiger partial charge in [-0.25, -0.2) is 4.98 Å². The van der Waals surface area contributed by atoms with Crippen LogP contribution in [0.5, 0.6) is 5.88 Å².